The second-order valence-electron chi connectivity index (χ2n) is 4.04. The van der Waals surface area contributed by atoms with Crippen molar-refractivity contribution in [1.82, 2.24) is 0 Å². The van der Waals surface area contributed by atoms with Crippen molar-refractivity contribution in [3.8, 4) is 11.5 Å². The highest BCUT2D eigenvalue weighted by Crippen LogP contribution is 2.28. The molecular formula is C13H18O3. The maximum Gasteiger partial charge on any atom is 0.160 e. The quantitative estimate of drug-likeness (QED) is 0.693. The molecule has 16 heavy (non-hydrogen) atoms. The molecule has 1 saturated heterocycles. The Morgan fingerprint density at radius 2 is 2.00 bits per heavy atom. The standard InChI is InChI=1S/C13H18O3/c1-14-12-7-6-10(8-13(12)15-2)4-3-5-11-9-16-11/h6-8,11H,3-5,9H2,1-2H3. The predicted molar refractivity (Wildman–Crippen MR) is 62.2 cm³/mol. The van der Waals surface area contributed by atoms with Crippen molar-refractivity contribution in [2.75, 3.05) is 20.8 Å². The zero-order valence-corrected chi connectivity index (χ0v) is 9.86. The summed E-state index contributed by atoms with van der Waals surface area (Å²) in [5, 5.41) is 0. The Labute approximate surface area is 96.3 Å². The Hall–Kier alpha value is -1.22. The van der Waals surface area contributed by atoms with E-state index >= 15 is 0 Å². The molecule has 88 valence electrons. The van der Waals surface area contributed by atoms with E-state index < -0.39 is 0 Å². The van der Waals surface area contributed by atoms with Gasteiger partial charge in [-0.05, 0) is 37.0 Å². The normalized spacial score (nSPS) is 18.2. The number of rotatable bonds is 6. The lowest BCUT2D eigenvalue weighted by Crippen LogP contribution is -1.94. The molecule has 0 aliphatic carbocycles. The van der Waals surface area contributed by atoms with Crippen molar-refractivity contribution in [3.63, 3.8) is 0 Å². The van der Waals surface area contributed by atoms with Crippen molar-refractivity contribution < 1.29 is 14.2 Å². The van der Waals surface area contributed by atoms with Crippen LogP contribution < -0.4 is 9.47 Å². The predicted octanol–water partition coefficient (Wildman–Crippen LogP) is 2.43. The number of benzene rings is 1. The van der Waals surface area contributed by atoms with Crippen LogP contribution in [0.3, 0.4) is 0 Å². The van der Waals surface area contributed by atoms with Gasteiger partial charge in [-0.25, -0.2) is 0 Å². The SMILES string of the molecule is COc1ccc(CCCC2CO2)cc1OC. The van der Waals surface area contributed by atoms with Crippen LogP contribution in [0.5, 0.6) is 11.5 Å². The van der Waals surface area contributed by atoms with Gasteiger partial charge in [-0.3, -0.25) is 0 Å². The fraction of sp³-hybridized carbons (Fsp3) is 0.538. The molecule has 2 rings (SSSR count). The minimum Gasteiger partial charge on any atom is -0.493 e. The van der Waals surface area contributed by atoms with Crippen LogP contribution in [-0.4, -0.2) is 26.9 Å². The highest BCUT2D eigenvalue weighted by molar-refractivity contribution is 5.42. The van der Waals surface area contributed by atoms with Crippen molar-refractivity contribution in [1.29, 1.82) is 0 Å². The van der Waals surface area contributed by atoms with E-state index in [1.54, 1.807) is 14.2 Å². The number of aryl methyl sites for hydroxylation is 1. The number of hydrogen-bond acceptors (Lipinski definition) is 3. The van der Waals surface area contributed by atoms with Crippen molar-refractivity contribution in [3.05, 3.63) is 23.8 Å². The summed E-state index contributed by atoms with van der Waals surface area (Å²) in [6.45, 7) is 0.950. The first-order valence-electron chi connectivity index (χ1n) is 5.66. The molecule has 1 aromatic rings. The van der Waals surface area contributed by atoms with Gasteiger partial charge in [0.05, 0.1) is 26.9 Å². The lowest BCUT2D eigenvalue weighted by Gasteiger charge is -2.09. The second kappa shape index (κ2) is 5.21. The molecule has 1 aromatic carbocycles. The molecular weight excluding hydrogens is 204 g/mol. The topological polar surface area (TPSA) is 31.0 Å². The van der Waals surface area contributed by atoms with Crippen molar-refractivity contribution in [2.24, 2.45) is 0 Å². The van der Waals surface area contributed by atoms with Crippen LogP contribution in [0.4, 0.5) is 0 Å². The monoisotopic (exact) mass is 222 g/mol. The zero-order valence-electron chi connectivity index (χ0n) is 9.86. The summed E-state index contributed by atoms with van der Waals surface area (Å²) in [5.41, 5.74) is 1.29. The second-order valence-corrected chi connectivity index (χ2v) is 4.04. The molecule has 3 heteroatoms. The average Bonchev–Trinajstić information content (AvgIpc) is 3.13. The van der Waals surface area contributed by atoms with Gasteiger partial charge in [0.15, 0.2) is 11.5 Å². The Morgan fingerprint density at radius 3 is 2.62 bits per heavy atom. The largest absolute Gasteiger partial charge is 0.493 e. The van der Waals surface area contributed by atoms with Crippen LogP contribution >= 0.6 is 0 Å². The van der Waals surface area contributed by atoms with Gasteiger partial charge in [-0.2, -0.15) is 0 Å². The highest BCUT2D eigenvalue weighted by atomic mass is 16.6. The van der Waals surface area contributed by atoms with Crippen LogP contribution in [0.2, 0.25) is 0 Å². The van der Waals surface area contributed by atoms with E-state index in [4.69, 9.17) is 14.2 Å². The molecule has 0 aromatic heterocycles. The van der Waals surface area contributed by atoms with E-state index in [0.29, 0.717) is 6.10 Å². The summed E-state index contributed by atoms with van der Waals surface area (Å²) in [6, 6.07) is 6.10. The summed E-state index contributed by atoms with van der Waals surface area (Å²) >= 11 is 0. The molecule has 1 atom stereocenters. The molecule has 0 amide bonds. The average molecular weight is 222 g/mol. The third-order valence-electron chi connectivity index (χ3n) is 2.84. The number of epoxide rings is 1. The summed E-state index contributed by atoms with van der Waals surface area (Å²) < 4.78 is 15.6. The first-order chi connectivity index (χ1) is 7.83. The number of hydrogen-bond donors (Lipinski definition) is 0. The highest BCUT2D eigenvalue weighted by Gasteiger charge is 2.21. The van der Waals surface area contributed by atoms with E-state index in [1.165, 1.54) is 12.0 Å². The fourth-order valence-corrected chi connectivity index (χ4v) is 1.80. The van der Waals surface area contributed by atoms with Crippen LogP contribution in [-0.2, 0) is 11.2 Å². The summed E-state index contributed by atoms with van der Waals surface area (Å²) in [4.78, 5) is 0. The Kier molecular flexibility index (Phi) is 3.67. The van der Waals surface area contributed by atoms with Gasteiger partial charge in [0.2, 0.25) is 0 Å². The fourth-order valence-electron chi connectivity index (χ4n) is 1.80. The van der Waals surface area contributed by atoms with E-state index in [2.05, 4.69) is 6.07 Å². The van der Waals surface area contributed by atoms with Crippen LogP contribution in [0.1, 0.15) is 18.4 Å². The van der Waals surface area contributed by atoms with Crippen LogP contribution in [0.25, 0.3) is 0 Å². The van der Waals surface area contributed by atoms with Gasteiger partial charge < -0.3 is 14.2 Å². The van der Waals surface area contributed by atoms with Gasteiger partial charge in [-0.15, -0.1) is 0 Å². The first-order valence-corrected chi connectivity index (χ1v) is 5.66. The van der Waals surface area contributed by atoms with Gasteiger partial charge in [0.25, 0.3) is 0 Å². The summed E-state index contributed by atoms with van der Waals surface area (Å²) in [5.74, 6) is 1.60. The molecule has 0 spiro atoms. The van der Waals surface area contributed by atoms with Gasteiger partial charge >= 0.3 is 0 Å². The first kappa shape index (κ1) is 11.3. The Morgan fingerprint density at radius 1 is 1.25 bits per heavy atom. The number of ether oxygens (including phenoxy) is 3. The molecule has 0 bridgehead atoms. The lowest BCUT2D eigenvalue weighted by molar-refractivity contribution is 0.354. The zero-order chi connectivity index (χ0) is 11.4. The third kappa shape index (κ3) is 2.89. The van der Waals surface area contributed by atoms with Gasteiger partial charge in [0, 0.05) is 0 Å². The molecule has 1 aliphatic rings. The van der Waals surface area contributed by atoms with Gasteiger partial charge in [0.1, 0.15) is 0 Å². The minimum atomic E-state index is 0.528. The van der Waals surface area contributed by atoms with Crippen LogP contribution in [0, 0.1) is 0 Å². The van der Waals surface area contributed by atoms with E-state index in [9.17, 15) is 0 Å². The molecule has 0 radical (unpaired) electrons. The minimum absolute atomic E-state index is 0.528. The molecule has 1 heterocycles. The Balaban J connectivity index is 1.92. The molecule has 3 nitrogen and oxygen atoms in total. The molecule has 0 N–H and O–H groups in total. The van der Waals surface area contributed by atoms with E-state index in [1.807, 2.05) is 12.1 Å². The molecule has 1 unspecified atom stereocenters. The smallest absolute Gasteiger partial charge is 0.160 e. The van der Waals surface area contributed by atoms with Crippen LogP contribution in [0.15, 0.2) is 18.2 Å². The van der Waals surface area contributed by atoms with Crippen molar-refractivity contribution >= 4 is 0 Å². The Bertz CT molecular complexity index is 345. The maximum absolute atomic E-state index is 5.27. The van der Waals surface area contributed by atoms with E-state index in [-0.39, 0.29) is 0 Å². The molecule has 1 fully saturated rings. The maximum atomic E-state index is 5.27. The molecule has 0 saturated carbocycles. The summed E-state index contributed by atoms with van der Waals surface area (Å²) in [7, 11) is 3.32. The third-order valence-corrected chi connectivity index (χ3v) is 2.84. The van der Waals surface area contributed by atoms with Crippen molar-refractivity contribution in [2.45, 2.75) is 25.4 Å². The summed E-state index contributed by atoms with van der Waals surface area (Å²) in [6.07, 6.45) is 3.93. The van der Waals surface area contributed by atoms with Gasteiger partial charge in [-0.1, -0.05) is 6.07 Å². The lowest BCUT2D eigenvalue weighted by atomic mass is 10.1. The van der Waals surface area contributed by atoms with E-state index in [0.717, 1.165) is 30.9 Å². The molecule has 1 aliphatic heterocycles. The number of methoxy groups -OCH3 is 2.